The van der Waals surface area contributed by atoms with E-state index in [4.69, 9.17) is 9.47 Å². The molecule has 0 fully saturated rings. The number of aryl methyl sites for hydroxylation is 1. The number of ether oxygens (including phenoxy) is 2. The number of rotatable bonds is 8. The molecule has 0 heterocycles. The Hall–Kier alpha value is -1.11. The van der Waals surface area contributed by atoms with Gasteiger partial charge < -0.3 is 19.7 Å². The number of carbonyl (C=O) groups excluding carboxylic acids is 1. The second-order valence-electron chi connectivity index (χ2n) is 4.96. The maximum atomic E-state index is 11.7. The summed E-state index contributed by atoms with van der Waals surface area (Å²) in [6.45, 7) is 4.09. The van der Waals surface area contributed by atoms with E-state index in [9.17, 15) is 4.79 Å². The molecule has 1 amide bonds. The first kappa shape index (κ1) is 17.9. The summed E-state index contributed by atoms with van der Waals surface area (Å²) in [6, 6.07) is 3.98. The Balaban J connectivity index is 2.77. The summed E-state index contributed by atoms with van der Waals surface area (Å²) in [5, 5.41) is 3.29. The lowest BCUT2D eigenvalue weighted by molar-refractivity contribution is -0.130. The van der Waals surface area contributed by atoms with Gasteiger partial charge in [-0.1, -0.05) is 15.9 Å². The summed E-state index contributed by atoms with van der Waals surface area (Å²) >= 11 is 3.49. The molecule has 0 unspecified atom stereocenters. The molecule has 0 aliphatic rings. The van der Waals surface area contributed by atoms with Crippen molar-refractivity contribution in [1.29, 1.82) is 0 Å². The molecule has 0 saturated carbocycles. The number of hydrogen-bond donors (Lipinski definition) is 1. The lowest BCUT2D eigenvalue weighted by Crippen LogP contribution is -2.28. The Morgan fingerprint density at radius 1 is 1.38 bits per heavy atom. The number of amides is 1. The summed E-state index contributed by atoms with van der Waals surface area (Å²) < 4.78 is 11.7. The van der Waals surface area contributed by atoms with Crippen LogP contribution in [0.15, 0.2) is 16.6 Å². The first-order valence-electron chi connectivity index (χ1n) is 6.77. The predicted octanol–water partition coefficient (Wildman–Crippen LogP) is 1.96. The number of benzene rings is 1. The summed E-state index contributed by atoms with van der Waals surface area (Å²) in [7, 11) is 5.10. The molecule has 1 aromatic carbocycles. The fourth-order valence-electron chi connectivity index (χ4n) is 1.80. The monoisotopic (exact) mass is 358 g/mol. The van der Waals surface area contributed by atoms with Gasteiger partial charge in [0.25, 0.3) is 5.91 Å². The predicted molar refractivity (Wildman–Crippen MR) is 86.7 cm³/mol. The van der Waals surface area contributed by atoms with Gasteiger partial charge in [-0.15, -0.1) is 0 Å². The van der Waals surface area contributed by atoms with Crippen LogP contribution in [0.25, 0.3) is 0 Å². The van der Waals surface area contributed by atoms with E-state index in [0.717, 1.165) is 27.9 Å². The quantitative estimate of drug-likeness (QED) is 0.721. The van der Waals surface area contributed by atoms with Gasteiger partial charge in [-0.25, -0.2) is 0 Å². The van der Waals surface area contributed by atoms with Crippen LogP contribution in [0.3, 0.4) is 0 Å². The SMILES string of the molecule is COCCNCc1cc(Br)cc(C)c1OCC(=O)N(C)C. The average molecular weight is 359 g/mol. The second-order valence-corrected chi connectivity index (χ2v) is 5.87. The van der Waals surface area contributed by atoms with E-state index < -0.39 is 0 Å². The molecule has 0 atom stereocenters. The van der Waals surface area contributed by atoms with Crippen LogP contribution in [0, 0.1) is 6.92 Å². The molecule has 0 aromatic heterocycles. The topological polar surface area (TPSA) is 50.8 Å². The van der Waals surface area contributed by atoms with Crippen LogP contribution in [-0.2, 0) is 16.1 Å². The van der Waals surface area contributed by atoms with Crippen LogP contribution in [0.2, 0.25) is 0 Å². The van der Waals surface area contributed by atoms with Crippen molar-refractivity contribution in [2.75, 3.05) is 41.0 Å². The third-order valence-corrected chi connectivity index (χ3v) is 3.41. The van der Waals surface area contributed by atoms with Crippen molar-refractivity contribution in [3.05, 3.63) is 27.7 Å². The molecule has 1 N–H and O–H groups in total. The summed E-state index contributed by atoms with van der Waals surface area (Å²) in [5.74, 6) is 0.703. The highest BCUT2D eigenvalue weighted by Gasteiger charge is 2.12. The van der Waals surface area contributed by atoms with E-state index in [2.05, 4.69) is 21.2 Å². The van der Waals surface area contributed by atoms with Crippen molar-refractivity contribution in [1.82, 2.24) is 10.2 Å². The maximum Gasteiger partial charge on any atom is 0.259 e. The number of methoxy groups -OCH3 is 1. The van der Waals surface area contributed by atoms with Gasteiger partial charge in [0.2, 0.25) is 0 Å². The number of nitrogens with zero attached hydrogens (tertiary/aromatic N) is 1. The molecule has 5 nitrogen and oxygen atoms in total. The lowest BCUT2D eigenvalue weighted by atomic mass is 10.1. The van der Waals surface area contributed by atoms with Gasteiger partial charge in [-0.2, -0.15) is 0 Å². The Morgan fingerprint density at radius 2 is 2.10 bits per heavy atom. The van der Waals surface area contributed by atoms with Crippen molar-refractivity contribution in [2.45, 2.75) is 13.5 Å². The Kier molecular flexibility index (Phi) is 7.71. The molecule has 0 saturated heterocycles. The van der Waals surface area contributed by atoms with Crippen LogP contribution in [0.5, 0.6) is 5.75 Å². The fraction of sp³-hybridized carbons (Fsp3) is 0.533. The zero-order valence-electron chi connectivity index (χ0n) is 13.0. The molecular weight excluding hydrogens is 336 g/mol. The molecule has 1 aromatic rings. The third-order valence-electron chi connectivity index (χ3n) is 2.95. The Bertz CT molecular complexity index is 478. The number of likely N-dealkylation sites (N-methyl/N-ethyl adjacent to an activating group) is 1. The van der Waals surface area contributed by atoms with Crippen LogP contribution >= 0.6 is 15.9 Å². The van der Waals surface area contributed by atoms with Crippen LogP contribution in [0.1, 0.15) is 11.1 Å². The molecule has 1 rings (SSSR count). The molecule has 0 aliphatic heterocycles. The third kappa shape index (κ3) is 6.03. The summed E-state index contributed by atoms with van der Waals surface area (Å²) in [5.41, 5.74) is 2.02. The molecule has 0 spiro atoms. The lowest BCUT2D eigenvalue weighted by Gasteiger charge is -2.17. The van der Waals surface area contributed by atoms with Crippen molar-refractivity contribution in [3.63, 3.8) is 0 Å². The minimum absolute atomic E-state index is 0.0422. The van der Waals surface area contributed by atoms with Gasteiger partial charge in [0.1, 0.15) is 5.75 Å². The highest BCUT2D eigenvalue weighted by molar-refractivity contribution is 9.10. The molecule has 0 radical (unpaired) electrons. The van der Waals surface area contributed by atoms with Crippen molar-refractivity contribution in [2.24, 2.45) is 0 Å². The first-order valence-corrected chi connectivity index (χ1v) is 7.56. The van der Waals surface area contributed by atoms with Crippen LogP contribution in [0.4, 0.5) is 0 Å². The largest absolute Gasteiger partial charge is 0.483 e. The van der Waals surface area contributed by atoms with Gasteiger partial charge >= 0.3 is 0 Å². The normalized spacial score (nSPS) is 10.5. The average Bonchev–Trinajstić information content (AvgIpc) is 2.42. The summed E-state index contributed by atoms with van der Waals surface area (Å²) in [4.78, 5) is 13.2. The molecular formula is C15H23BrN2O3. The van der Waals surface area contributed by atoms with Gasteiger partial charge in [0.05, 0.1) is 6.61 Å². The smallest absolute Gasteiger partial charge is 0.259 e. The van der Waals surface area contributed by atoms with Crippen molar-refractivity contribution >= 4 is 21.8 Å². The standard InChI is InChI=1S/C15H23BrN2O3/c1-11-7-13(16)8-12(9-17-5-6-20-4)15(11)21-10-14(19)18(2)3/h7-8,17H,5-6,9-10H2,1-4H3. The van der Waals surface area contributed by atoms with Crippen molar-refractivity contribution in [3.8, 4) is 5.75 Å². The van der Waals surface area contributed by atoms with Crippen LogP contribution < -0.4 is 10.1 Å². The molecule has 21 heavy (non-hydrogen) atoms. The summed E-state index contributed by atoms with van der Waals surface area (Å²) in [6.07, 6.45) is 0. The Morgan fingerprint density at radius 3 is 2.71 bits per heavy atom. The number of halogens is 1. The number of carbonyl (C=O) groups is 1. The van der Waals surface area contributed by atoms with E-state index in [1.165, 1.54) is 4.90 Å². The van der Waals surface area contributed by atoms with E-state index in [0.29, 0.717) is 13.2 Å². The maximum absolute atomic E-state index is 11.7. The molecule has 118 valence electrons. The van der Waals surface area contributed by atoms with E-state index in [1.54, 1.807) is 21.2 Å². The highest BCUT2D eigenvalue weighted by atomic mass is 79.9. The van der Waals surface area contributed by atoms with E-state index in [-0.39, 0.29) is 12.5 Å². The molecule has 0 bridgehead atoms. The van der Waals surface area contributed by atoms with E-state index in [1.807, 2.05) is 19.1 Å². The first-order chi connectivity index (χ1) is 9.95. The van der Waals surface area contributed by atoms with Gasteiger partial charge in [0, 0.05) is 44.3 Å². The van der Waals surface area contributed by atoms with E-state index >= 15 is 0 Å². The van der Waals surface area contributed by atoms with Crippen molar-refractivity contribution < 1.29 is 14.3 Å². The number of hydrogen-bond acceptors (Lipinski definition) is 4. The minimum atomic E-state index is -0.0596. The fourth-order valence-corrected chi connectivity index (χ4v) is 2.42. The zero-order chi connectivity index (χ0) is 15.8. The van der Waals surface area contributed by atoms with Gasteiger partial charge in [-0.05, 0) is 24.6 Å². The van der Waals surface area contributed by atoms with Gasteiger partial charge in [-0.3, -0.25) is 4.79 Å². The second kappa shape index (κ2) is 9.02. The molecule has 6 heteroatoms. The van der Waals surface area contributed by atoms with Gasteiger partial charge in [0.15, 0.2) is 6.61 Å². The molecule has 0 aliphatic carbocycles. The van der Waals surface area contributed by atoms with Crippen LogP contribution in [-0.4, -0.2) is 51.8 Å². The highest BCUT2D eigenvalue weighted by Crippen LogP contribution is 2.28. The zero-order valence-corrected chi connectivity index (χ0v) is 14.6. The minimum Gasteiger partial charge on any atom is -0.483 e. The number of nitrogens with one attached hydrogen (secondary N) is 1. The Labute approximate surface area is 134 Å².